The van der Waals surface area contributed by atoms with Crippen LogP contribution in [0.5, 0.6) is 5.88 Å². The highest BCUT2D eigenvalue weighted by Crippen LogP contribution is 2.19. The molecule has 0 atom stereocenters. The first-order valence-electron chi connectivity index (χ1n) is 9.36. The lowest BCUT2D eigenvalue weighted by Crippen LogP contribution is -2.32. The summed E-state index contributed by atoms with van der Waals surface area (Å²) in [5, 5.41) is 11.7. The molecule has 0 fully saturated rings. The van der Waals surface area contributed by atoms with Crippen molar-refractivity contribution in [1.82, 2.24) is 14.5 Å². The third-order valence-electron chi connectivity index (χ3n) is 4.94. The van der Waals surface area contributed by atoms with E-state index in [-0.39, 0.29) is 11.3 Å². The zero-order valence-corrected chi connectivity index (χ0v) is 16.1. The number of H-pyrrole nitrogens is 2. The van der Waals surface area contributed by atoms with E-state index in [0.717, 1.165) is 33.2 Å². The smallest absolute Gasteiger partial charge is 0.335 e. The average molecular weight is 406 g/mol. The van der Waals surface area contributed by atoms with Crippen molar-refractivity contribution in [1.29, 1.82) is 0 Å². The standard InChI is InChI=1S/C22H19FN4O3/c1-13(24-11-10-14-12-25-18-5-3-2-4-17(14)18)19-20(28)26-22(30)27(21(19)29)16-8-6-15(23)7-9-16/h2-9,12,25,29H,10-11H2,1H3,(H,26,28,30). The summed E-state index contributed by atoms with van der Waals surface area (Å²) in [4.78, 5) is 34.4. The molecule has 30 heavy (non-hydrogen) atoms. The number of fused-ring (bicyclic) bond motifs is 1. The summed E-state index contributed by atoms with van der Waals surface area (Å²) in [6.45, 7) is 1.99. The molecule has 0 aliphatic carbocycles. The highest BCUT2D eigenvalue weighted by Gasteiger charge is 2.18. The second-order valence-corrected chi connectivity index (χ2v) is 6.85. The van der Waals surface area contributed by atoms with Gasteiger partial charge in [-0.15, -0.1) is 0 Å². The monoisotopic (exact) mass is 406 g/mol. The van der Waals surface area contributed by atoms with Gasteiger partial charge in [-0.05, 0) is 49.2 Å². The van der Waals surface area contributed by atoms with E-state index in [4.69, 9.17) is 0 Å². The number of aliphatic imine (C=N–C) groups is 1. The minimum atomic E-state index is -0.820. The van der Waals surface area contributed by atoms with E-state index in [9.17, 15) is 19.1 Å². The van der Waals surface area contributed by atoms with Crippen LogP contribution in [-0.4, -0.2) is 31.9 Å². The third-order valence-corrected chi connectivity index (χ3v) is 4.94. The summed E-state index contributed by atoms with van der Waals surface area (Å²) < 4.78 is 14.1. The van der Waals surface area contributed by atoms with Gasteiger partial charge in [-0.2, -0.15) is 0 Å². The Morgan fingerprint density at radius 3 is 2.63 bits per heavy atom. The van der Waals surface area contributed by atoms with E-state index >= 15 is 0 Å². The van der Waals surface area contributed by atoms with Gasteiger partial charge in [0.15, 0.2) is 0 Å². The number of nitrogens with zero attached hydrogens (tertiary/aromatic N) is 2. The summed E-state index contributed by atoms with van der Waals surface area (Å²) in [5.74, 6) is -1.02. The Morgan fingerprint density at radius 2 is 1.87 bits per heavy atom. The molecular formula is C22H19FN4O3. The van der Waals surface area contributed by atoms with Gasteiger partial charge in [-0.3, -0.25) is 14.8 Å². The molecule has 0 amide bonds. The second kappa shape index (κ2) is 7.82. The molecule has 0 radical (unpaired) electrons. The molecule has 4 rings (SSSR count). The molecule has 3 N–H and O–H groups in total. The van der Waals surface area contributed by atoms with Crippen molar-refractivity contribution in [2.24, 2.45) is 4.99 Å². The fourth-order valence-electron chi connectivity index (χ4n) is 3.44. The minimum Gasteiger partial charge on any atom is -0.493 e. The quantitative estimate of drug-likeness (QED) is 0.444. The first-order chi connectivity index (χ1) is 14.5. The van der Waals surface area contributed by atoms with Crippen molar-refractivity contribution in [2.45, 2.75) is 13.3 Å². The minimum absolute atomic E-state index is 0.0992. The van der Waals surface area contributed by atoms with Crippen LogP contribution in [0.1, 0.15) is 18.1 Å². The van der Waals surface area contributed by atoms with Crippen LogP contribution in [0.3, 0.4) is 0 Å². The fourth-order valence-corrected chi connectivity index (χ4v) is 3.44. The molecule has 0 saturated carbocycles. The largest absolute Gasteiger partial charge is 0.493 e. The number of benzene rings is 2. The number of para-hydroxylation sites is 1. The van der Waals surface area contributed by atoms with Crippen LogP contribution in [0, 0.1) is 5.82 Å². The Kier molecular flexibility index (Phi) is 5.05. The van der Waals surface area contributed by atoms with Gasteiger partial charge in [0, 0.05) is 29.4 Å². The van der Waals surface area contributed by atoms with Gasteiger partial charge in [-0.1, -0.05) is 18.2 Å². The molecule has 2 heterocycles. The van der Waals surface area contributed by atoms with Gasteiger partial charge < -0.3 is 10.1 Å². The number of aromatic hydroxyl groups is 1. The summed E-state index contributed by atoms with van der Waals surface area (Å²) in [6.07, 6.45) is 2.56. The van der Waals surface area contributed by atoms with E-state index < -0.39 is 22.9 Å². The number of hydrogen-bond donors (Lipinski definition) is 3. The Hall–Kier alpha value is -3.94. The maximum atomic E-state index is 13.2. The Labute approximate surface area is 170 Å². The van der Waals surface area contributed by atoms with E-state index in [1.807, 2.05) is 30.5 Å². The predicted molar refractivity (Wildman–Crippen MR) is 113 cm³/mol. The molecule has 4 aromatic rings. The van der Waals surface area contributed by atoms with Crippen LogP contribution in [0.25, 0.3) is 16.6 Å². The molecule has 0 aliphatic rings. The lowest BCUT2D eigenvalue weighted by atomic mass is 10.1. The van der Waals surface area contributed by atoms with Crippen LogP contribution < -0.4 is 11.2 Å². The van der Waals surface area contributed by atoms with Crippen LogP contribution in [-0.2, 0) is 6.42 Å². The molecule has 7 nitrogen and oxygen atoms in total. The maximum absolute atomic E-state index is 13.2. The van der Waals surface area contributed by atoms with Gasteiger partial charge in [0.1, 0.15) is 11.4 Å². The van der Waals surface area contributed by atoms with Crippen LogP contribution in [0.2, 0.25) is 0 Å². The number of nitrogens with one attached hydrogen (secondary N) is 2. The molecular weight excluding hydrogens is 387 g/mol. The number of aromatic nitrogens is 3. The fraction of sp³-hybridized carbons (Fsp3) is 0.136. The van der Waals surface area contributed by atoms with E-state index in [1.165, 1.54) is 12.1 Å². The van der Waals surface area contributed by atoms with Crippen molar-refractivity contribution in [3.63, 3.8) is 0 Å². The summed E-state index contributed by atoms with van der Waals surface area (Å²) in [7, 11) is 0. The zero-order valence-electron chi connectivity index (χ0n) is 16.1. The SMILES string of the molecule is CC(=NCCc1c[nH]c2ccccc12)c1c(O)n(-c2ccc(F)cc2)c(=O)[nH]c1=O. The van der Waals surface area contributed by atoms with E-state index in [1.54, 1.807) is 6.92 Å². The number of rotatable bonds is 5. The highest BCUT2D eigenvalue weighted by atomic mass is 19.1. The van der Waals surface area contributed by atoms with Crippen molar-refractivity contribution in [2.75, 3.05) is 6.54 Å². The highest BCUT2D eigenvalue weighted by molar-refractivity contribution is 6.00. The van der Waals surface area contributed by atoms with Gasteiger partial charge in [0.2, 0.25) is 5.88 Å². The van der Waals surface area contributed by atoms with Crippen LogP contribution >= 0.6 is 0 Å². The van der Waals surface area contributed by atoms with Crippen molar-refractivity contribution < 1.29 is 9.50 Å². The third kappa shape index (κ3) is 3.55. The summed E-state index contributed by atoms with van der Waals surface area (Å²) in [5.41, 5.74) is 0.999. The lowest BCUT2D eigenvalue weighted by molar-refractivity contribution is 0.429. The first kappa shape index (κ1) is 19.4. The van der Waals surface area contributed by atoms with Crippen molar-refractivity contribution in [3.05, 3.63) is 92.5 Å². The van der Waals surface area contributed by atoms with Gasteiger partial charge in [0.05, 0.1) is 5.69 Å². The number of aromatic amines is 2. The van der Waals surface area contributed by atoms with Crippen molar-refractivity contribution >= 4 is 16.6 Å². The lowest BCUT2D eigenvalue weighted by Gasteiger charge is -2.11. The molecule has 0 spiro atoms. The topological polar surface area (TPSA) is 103 Å². The second-order valence-electron chi connectivity index (χ2n) is 6.85. The molecule has 2 aromatic carbocycles. The van der Waals surface area contributed by atoms with E-state index in [2.05, 4.69) is 15.0 Å². The van der Waals surface area contributed by atoms with Crippen molar-refractivity contribution in [3.8, 4) is 11.6 Å². The normalized spacial score (nSPS) is 11.9. The average Bonchev–Trinajstić information content (AvgIpc) is 3.12. The molecule has 152 valence electrons. The molecule has 0 unspecified atom stereocenters. The molecule has 2 aromatic heterocycles. The van der Waals surface area contributed by atoms with Gasteiger partial charge in [-0.25, -0.2) is 13.8 Å². The Bertz CT molecular complexity index is 1360. The van der Waals surface area contributed by atoms with Crippen LogP contribution in [0.15, 0.2) is 69.3 Å². The first-order valence-corrected chi connectivity index (χ1v) is 9.36. The van der Waals surface area contributed by atoms with Gasteiger partial charge >= 0.3 is 5.69 Å². The molecule has 8 heteroatoms. The molecule has 0 aliphatic heterocycles. The molecule has 0 bridgehead atoms. The number of halogens is 1. The maximum Gasteiger partial charge on any atom is 0.335 e. The van der Waals surface area contributed by atoms with Crippen LogP contribution in [0.4, 0.5) is 4.39 Å². The molecule has 0 saturated heterocycles. The zero-order chi connectivity index (χ0) is 21.3. The predicted octanol–water partition coefficient (Wildman–Crippen LogP) is 2.90. The Balaban J connectivity index is 1.65. The number of hydrogen-bond acceptors (Lipinski definition) is 4. The Morgan fingerprint density at radius 1 is 1.13 bits per heavy atom. The van der Waals surface area contributed by atoms with Gasteiger partial charge in [0.25, 0.3) is 5.56 Å². The van der Waals surface area contributed by atoms with E-state index in [0.29, 0.717) is 18.7 Å². The summed E-state index contributed by atoms with van der Waals surface area (Å²) >= 11 is 0. The summed E-state index contributed by atoms with van der Waals surface area (Å²) in [6, 6.07) is 12.9.